The minimum Gasteiger partial charge on any atom is -0.294 e. The second kappa shape index (κ2) is 4.56. The van der Waals surface area contributed by atoms with E-state index in [-0.39, 0.29) is 12.1 Å². The van der Waals surface area contributed by atoms with Gasteiger partial charge in [0.2, 0.25) is 0 Å². The van der Waals surface area contributed by atoms with Crippen LogP contribution in [0.4, 0.5) is 26.3 Å². The molecule has 18 heavy (non-hydrogen) atoms. The fourth-order valence-corrected chi connectivity index (χ4v) is 1.88. The number of benzene rings is 1. The molecule has 8 heteroatoms. The van der Waals surface area contributed by atoms with Gasteiger partial charge in [0.25, 0.3) is 0 Å². The lowest BCUT2D eigenvalue weighted by atomic mass is 10.0. The molecular formula is C10H5BrF6O. The molecule has 0 heterocycles. The first-order valence-corrected chi connectivity index (χ1v) is 5.22. The monoisotopic (exact) mass is 334 g/mol. The third-order valence-electron chi connectivity index (χ3n) is 2.10. The van der Waals surface area contributed by atoms with Crippen molar-refractivity contribution in [3.8, 4) is 0 Å². The summed E-state index contributed by atoms with van der Waals surface area (Å²) < 4.78 is 74.4. The lowest BCUT2D eigenvalue weighted by molar-refractivity contribution is -0.142. The maximum Gasteiger partial charge on any atom is 0.417 e. The van der Waals surface area contributed by atoms with E-state index in [1.807, 2.05) is 0 Å². The van der Waals surface area contributed by atoms with E-state index in [0.717, 1.165) is 6.92 Å². The molecule has 0 amide bonds. The Labute approximate surface area is 106 Å². The van der Waals surface area contributed by atoms with Gasteiger partial charge in [0.15, 0.2) is 5.78 Å². The predicted octanol–water partition coefficient (Wildman–Crippen LogP) is 4.69. The van der Waals surface area contributed by atoms with Gasteiger partial charge >= 0.3 is 12.4 Å². The standard InChI is InChI=1S/C10H5BrF6O/c1-4(18)5-2-7(10(15,16)17)8(11)3-6(5)9(12,13)14/h2-3H,1H3. The van der Waals surface area contributed by atoms with Crippen molar-refractivity contribution in [2.75, 3.05) is 0 Å². The minimum absolute atomic E-state index is 0.204. The molecule has 0 atom stereocenters. The van der Waals surface area contributed by atoms with Crippen LogP contribution in [0.1, 0.15) is 28.4 Å². The number of hydrogen-bond acceptors (Lipinski definition) is 1. The van der Waals surface area contributed by atoms with Crippen molar-refractivity contribution in [3.63, 3.8) is 0 Å². The SMILES string of the molecule is CC(=O)c1cc(C(F)(F)F)c(Br)cc1C(F)(F)F. The van der Waals surface area contributed by atoms with E-state index in [0.29, 0.717) is 0 Å². The Morgan fingerprint density at radius 1 is 1.00 bits per heavy atom. The highest BCUT2D eigenvalue weighted by molar-refractivity contribution is 9.10. The molecule has 0 aliphatic heterocycles. The van der Waals surface area contributed by atoms with Crippen molar-refractivity contribution >= 4 is 21.7 Å². The van der Waals surface area contributed by atoms with Crippen molar-refractivity contribution in [1.29, 1.82) is 0 Å². The van der Waals surface area contributed by atoms with Crippen LogP contribution >= 0.6 is 15.9 Å². The number of carbonyl (C=O) groups excluding carboxylic acids is 1. The Hall–Kier alpha value is -1.05. The van der Waals surface area contributed by atoms with Gasteiger partial charge in [0.1, 0.15) is 0 Å². The van der Waals surface area contributed by atoms with Gasteiger partial charge in [0, 0.05) is 10.0 Å². The summed E-state index contributed by atoms with van der Waals surface area (Å²) in [5, 5.41) is 0. The molecule has 0 fully saturated rings. The van der Waals surface area contributed by atoms with E-state index in [9.17, 15) is 31.1 Å². The predicted molar refractivity (Wildman–Crippen MR) is 54.2 cm³/mol. The molecule has 0 aliphatic rings. The number of carbonyl (C=O) groups is 1. The molecule has 1 rings (SSSR count). The highest BCUT2D eigenvalue weighted by Gasteiger charge is 2.39. The zero-order valence-corrected chi connectivity index (χ0v) is 10.3. The summed E-state index contributed by atoms with van der Waals surface area (Å²) in [6, 6.07) is 0.467. The highest BCUT2D eigenvalue weighted by Crippen LogP contribution is 2.40. The smallest absolute Gasteiger partial charge is 0.294 e. The fourth-order valence-electron chi connectivity index (χ4n) is 1.32. The quantitative estimate of drug-likeness (QED) is 0.538. The van der Waals surface area contributed by atoms with Crippen LogP contribution in [-0.2, 0) is 12.4 Å². The molecule has 100 valence electrons. The molecule has 0 bridgehead atoms. The van der Waals surface area contributed by atoms with Crippen LogP contribution in [0.3, 0.4) is 0 Å². The van der Waals surface area contributed by atoms with Crippen molar-refractivity contribution in [2.45, 2.75) is 19.3 Å². The number of hydrogen-bond donors (Lipinski definition) is 0. The molecule has 1 aromatic rings. The molecule has 0 radical (unpaired) electrons. The molecule has 0 aliphatic carbocycles. The average molecular weight is 335 g/mol. The Morgan fingerprint density at radius 2 is 1.44 bits per heavy atom. The van der Waals surface area contributed by atoms with Crippen LogP contribution in [0.2, 0.25) is 0 Å². The topological polar surface area (TPSA) is 17.1 Å². The van der Waals surface area contributed by atoms with Gasteiger partial charge in [-0.3, -0.25) is 4.79 Å². The van der Waals surface area contributed by atoms with Crippen LogP contribution in [0.15, 0.2) is 16.6 Å². The van der Waals surface area contributed by atoms with E-state index >= 15 is 0 Å². The summed E-state index contributed by atoms with van der Waals surface area (Å²) in [5.74, 6) is -1.08. The molecular weight excluding hydrogens is 330 g/mol. The van der Waals surface area contributed by atoms with Gasteiger partial charge in [-0.2, -0.15) is 26.3 Å². The zero-order chi connectivity index (χ0) is 14.3. The number of Topliss-reactive ketones (excluding diaryl/α,β-unsaturated/α-hetero) is 1. The number of alkyl halides is 6. The van der Waals surface area contributed by atoms with Crippen molar-refractivity contribution in [2.24, 2.45) is 0 Å². The van der Waals surface area contributed by atoms with Crippen LogP contribution in [0, 0.1) is 0 Å². The average Bonchev–Trinajstić information content (AvgIpc) is 2.13. The third-order valence-corrected chi connectivity index (χ3v) is 2.75. The third kappa shape index (κ3) is 3.04. The molecule has 0 saturated heterocycles. The lowest BCUT2D eigenvalue weighted by Crippen LogP contribution is -2.15. The number of rotatable bonds is 1. The summed E-state index contributed by atoms with van der Waals surface area (Å²) >= 11 is 2.43. The minimum atomic E-state index is -4.90. The van der Waals surface area contributed by atoms with Gasteiger partial charge in [-0.25, -0.2) is 0 Å². The van der Waals surface area contributed by atoms with Crippen molar-refractivity contribution < 1.29 is 31.1 Å². The van der Waals surface area contributed by atoms with E-state index in [4.69, 9.17) is 0 Å². The lowest BCUT2D eigenvalue weighted by Gasteiger charge is -2.16. The first-order valence-electron chi connectivity index (χ1n) is 4.43. The number of ketones is 1. The van der Waals surface area contributed by atoms with E-state index in [1.165, 1.54) is 0 Å². The Bertz CT molecular complexity index is 488. The molecule has 1 nitrogen and oxygen atoms in total. The van der Waals surface area contributed by atoms with Crippen molar-refractivity contribution in [3.05, 3.63) is 33.3 Å². The fraction of sp³-hybridized carbons (Fsp3) is 0.300. The maximum absolute atomic E-state index is 12.6. The Kier molecular flexibility index (Phi) is 3.81. The highest BCUT2D eigenvalue weighted by atomic mass is 79.9. The largest absolute Gasteiger partial charge is 0.417 e. The second-order valence-electron chi connectivity index (χ2n) is 3.43. The van der Waals surface area contributed by atoms with Crippen LogP contribution in [-0.4, -0.2) is 5.78 Å². The van der Waals surface area contributed by atoms with E-state index in [1.54, 1.807) is 0 Å². The number of halogens is 7. The van der Waals surface area contributed by atoms with Gasteiger partial charge in [-0.1, -0.05) is 15.9 Å². The summed E-state index contributed by atoms with van der Waals surface area (Å²) in [6.07, 6.45) is -9.74. The van der Waals surface area contributed by atoms with Crippen LogP contribution in [0.25, 0.3) is 0 Å². The summed E-state index contributed by atoms with van der Waals surface area (Å²) in [7, 11) is 0. The second-order valence-corrected chi connectivity index (χ2v) is 4.28. The van der Waals surface area contributed by atoms with Gasteiger partial charge in [-0.15, -0.1) is 0 Å². The van der Waals surface area contributed by atoms with Gasteiger partial charge in [-0.05, 0) is 19.1 Å². The normalized spacial score (nSPS) is 12.7. The summed E-state index contributed by atoms with van der Waals surface area (Å²) in [4.78, 5) is 11.0. The first-order chi connectivity index (χ1) is 7.94. The molecule has 0 aromatic heterocycles. The van der Waals surface area contributed by atoms with Crippen molar-refractivity contribution in [1.82, 2.24) is 0 Å². The first kappa shape index (κ1) is 15.0. The zero-order valence-electron chi connectivity index (χ0n) is 8.71. The molecule has 0 saturated carbocycles. The van der Waals surface area contributed by atoms with E-state index in [2.05, 4.69) is 15.9 Å². The maximum atomic E-state index is 12.6. The summed E-state index contributed by atoms with van der Waals surface area (Å²) in [5.41, 5.74) is -3.71. The van der Waals surface area contributed by atoms with Crippen LogP contribution < -0.4 is 0 Å². The Morgan fingerprint density at radius 3 is 1.78 bits per heavy atom. The van der Waals surface area contributed by atoms with Crippen LogP contribution in [0.5, 0.6) is 0 Å². The van der Waals surface area contributed by atoms with Gasteiger partial charge in [0.05, 0.1) is 11.1 Å². The summed E-state index contributed by atoms with van der Waals surface area (Å²) in [6.45, 7) is 0.776. The van der Waals surface area contributed by atoms with Gasteiger partial charge < -0.3 is 0 Å². The molecule has 0 N–H and O–H groups in total. The molecule has 0 spiro atoms. The van der Waals surface area contributed by atoms with E-state index < -0.39 is 39.3 Å². The molecule has 0 unspecified atom stereocenters. The Balaban J connectivity index is 3.60. The molecule has 1 aromatic carbocycles.